The van der Waals surface area contributed by atoms with Crippen LogP contribution in [0.1, 0.15) is 28.5 Å². The van der Waals surface area contributed by atoms with Crippen molar-refractivity contribution in [3.05, 3.63) is 69.4 Å². The van der Waals surface area contributed by atoms with Crippen molar-refractivity contribution in [2.45, 2.75) is 24.6 Å². The SMILES string of the molecule is Fc1ccc(Br)cc1CC1CCc2ccccc2C1Cl. The monoisotopic (exact) mass is 352 g/mol. The molecule has 20 heavy (non-hydrogen) atoms. The standard InChI is InChI=1S/C17H15BrClF/c18-14-7-8-16(20)13(10-14)9-12-6-5-11-3-1-2-4-15(11)17(12)19/h1-4,7-8,10,12,17H,5-6,9H2. The van der Waals surface area contributed by atoms with E-state index in [9.17, 15) is 4.39 Å². The molecule has 0 amide bonds. The lowest BCUT2D eigenvalue weighted by molar-refractivity contribution is 0.433. The van der Waals surface area contributed by atoms with E-state index >= 15 is 0 Å². The summed E-state index contributed by atoms with van der Waals surface area (Å²) in [6.45, 7) is 0. The Hall–Kier alpha value is -0.860. The summed E-state index contributed by atoms with van der Waals surface area (Å²) in [6, 6.07) is 13.4. The first-order valence-electron chi connectivity index (χ1n) is 6.81. The molecule has 0 fully saturated rings. The average Bonchev–Trinajstić information content (AvgIpc) is 2.46. The van der Waals surface area contributed by atoms with Crippen molar-refractivity contribution < 1.29 is 4.39 Å². The molecule has 104 valence electrons. The molecule has 2 atom stereocenters. The number of halogens is 3. The van der Waals surface area contributed by atoms with Gasteiger partial charge in [-0.05, 0) is 60.1 Å². The van der Waals surface area contributed by atoms with E-state index in [4.69, 9.17) is 11.6 Å². The second kappa shape index (κ2) is 5.87. The van der Waals surface area contributed by atoms with Crippen LogP contribution in [-0.4, -0.2) is 0 Å². The summed E-state index contributed by atoms with van der Waals surface area (Å²) in [7, 11) is 0. The summed E-state index contributed by atoms with van der Waals surface area (Å²) in [5.41, 5.74) is 3.29. The van der Waals surface area contributed by atoms with Crippen LogP contribution < -0.4 is 0 Å². The zero-order chi connectivity index (χ0) is 14.1. The molecule has 0 radical (unpaired) electrons. The van der Waals surface area contributed by atoms with Gasteiger partial charge in [0.2, 0.25) is 0 Å². The molecule has 0 spiro atoms. The molecule has 0 N–H and O–H groups in total. The van der Waals surface area contributed by atoms with Crippen molar-refractivity contribution in [2.75, 3.05) is 0 Å². The summed E-state index contributed by atoms with van der Waals surface area (Å²) in [4.78, 5) is 0. The molecule has 0 bridgehead atoms. The maximum absolute atomic E-state index is 13.9. The van der Waals surface area contributed by atoms with E-state index < -0.39 is 0 Å². The summed E-state index contributed by atoms with van der Waals surface area (Å²) >= 11 is 10.0. The van der Waals surface area contributed by atoms with Crippen LogP contribution in [0.25, 0.3) is 0 Å². The van der Waals surface area contributed by atoms with Crippen molar-refractivity contribution in [2.24, 2.45) is 5.92 Å². The lowest BCUT2D eigenvalue weighted by atomic mass is 9.80. The number of aryl methyl sites for hydroxylation is 1. The fourth-order valence-corrected chi connectivity index (χ4v) is 3.80. The van der Waals surface area contributed by atoms with E-state index in [2.05, 4.69) is 34.1 Å². The summed E-state index contributed by atoms with van der Waals surface area (Å²) in [5, 5.41) is -0.0293. The third-order valence-electron chi connectivity index (χ3n) is 4.04. The quantitative estimate of drug-likeness (QED) is 0.610. The third kappa shape index (κ3) is 2.77. The van der Waals surface area contributed by atoms with Gasteiger partial charge >= 0.3 is 0 Å². The Bertz CT molecular complexity index is 626. The number of hydrogen-bond donors (Lipinski definition) is 0. The van der Waals surface area contributed by atoms with Crippen LogP contribution in [0.2, 0.25) is 0 Å². The zero-order valence-electron chi connectivity index (χ0n) is 11.0. The lowest BCUT2D eigenvalue weighted by Gasteiger charge is -2.29. The molecule has 0 nitrogen and oxygen atoms in total. The largest absolute Gasteiger partial charge is 0.207 e. The summed E-state index contributed by atoms with van der Waals surface area (Å²) in [6.07, 6.45) is 2.73. The summed E-state index contributed by atoms with van der Waals surface area (Å²) in [5.74, 6) is 0.145. The average molecular weight is 354 g/mol. The molecule has 0 saturated carbocycles. The van der Waals surface area contributed by atoms with Crippen LogP contribution >= 0.6 is 27.5 Å². The highest BCUT2D eigenvalue weighted by molar-refractivity contribution is 9.10. The van der Waals surface area contributed by atoms with Gasteiger partial charge in [0.05, 0.1) is 5.38 Å². The fraction of sp³-hybridized carbons (Fsp3) is 0.294. The maximum Gasteiger partial charge on any atom is 0.126 e. The van der Waals surface area contributed by atoms with Gasteiger partial charge in [-0.2, -0.15) is 0 Å². The van der Waals surface area contributed by atoms with Gasteiger partial charge in [-0.3, -0.25) is 0 Å². The van der Waals surface area contributed by atoms with Crippen LogP contribution in [-0.2, 0) is 12.8 Å². The minimum atomic E-state index is -0.143. The van der Waals surface area contributed by atoms with E-state index in [0.29, 0.717) is 6.42 Å². The van der Waals surface area contributed by atoms with Gasteiger partial charge < -0.3 is 0 Å². The van der Waals surface area contributed by atoms with Gasteiger partial charge in [-0.1, -0.05) is 40.2 Å². The topological polar surface area (TPSA) is 0 Å². The molecule has 2 unspecified atom stereocenters. The Morgan fingerprint density at radius 1 is 1.20 bits per heavy atom. The van der Waals surface area contributed by atoms with Gasteiger partial charge in [0.25, 0.3) is 0 Å². The first-order chi connectivity index (χ1) is 9.65. The van der Waals surface area contributed by atoms with E-state index in [1.54, 1.807) is 6.07 Å². The second-order valence-corrected chi connectivity index (χ2v) is 6.73. The minimum absolute atomic E-state index is 0.0293. The number of fused-ring (bicyclic) bond motifs is 1. The van der Waals surface area contributed by atoms with Crippen LogP contribution in [0.5, 0.6) is 0 Å². The Kier molecular flexibility index (Phi) is 4.13. The molecule has 0 aromatic heterocycles. The fourth-order valence-electron chi connectivity index (χ4n) is 2.96. The first kappa shape index (κ1) is 14.1. The van der Waals surface area contributed by atoms with E-state index in [1.165, 1.54) is 17.2 Å². The Balaban J connectivity index is 1.84. The normalized spacial score (nSPS) is 21.6. The van der Waals surface area contributed by atoms with Gasteiger partial charge in [0, 0.05) is 4.47 Å². The van der Waals surface area contributed by atoms with Gasteiger partial charge in [-0.15, -0.1) is 11.6 Å². The second-order valence-electron chi connectivity index (χ2n) is 5.34. The third-order valence-corrected chi connectivity index (χ3v) is 5.13. The van der Waals surface area contributed by atoms with E-state index in [0.717, 1.165) is 22.9 Å². The highest BCUT2D eigenvalue weighted by Crippen LogP contribution is 2.41. The van der Waals surface area contributed by atoms with Crippen molar-refractivity contribution in [3.8, 4) is 0 Å². The summed E-state index contributed by atoms with van der Waals surface area (Å²) < 4.78 is 14.8. The van der Waals surface area contributed by atoms with Crippen LogP contribution in [0.4, 0.5) is 4.39 Å². The van der Waals surface area contributed by atoms with Gasteiger partial charge in [0.1, 0.15) is 5.82 Å². The predicted molar refractivity (Wildman–Crippen MR) is 84.7 cm³/mol. The highest BCUT2D eigenvalue weighted by atomic mass is 79.9. The molecule has 2 aromatic carbocycles. The number of alkyl halides is 1. The molecule has 1 aliphatic rings. The Labute approximate surface area is 132 Å². The van der Waals surface area contributed by atoms with Crippen molar-refractivity contribution in [1.82, 2.24) is 0 Å². The Morgan fingerprint density at radius 3 is 2.85 bits per heavy atom. The molecule has 0 heterocycles. The van der Waals surface area contributed by atoms with Crippen molar-refractivity contribution in [3.63, 3.8) is 0 Å². The number of rotatable bonds is 2. The van der Waals surface area contributed by atoms with Crippen molar-refractivity contribution in [1.29, 1.82) is 0 Å². The molecular weight excluding hydrogens is 339 g/mol. The first-order valence-corrected chi connectivity index (χ1v) is 8.04. The molecule has 2 aromatic rings. The molecule has 1 aliphatic carbocycles. The number of hydrogen-bond acceptors (Lipinski definition) is 0. The predicted octanol–water partition coefficient (Wildman–Crippen LogP) is 5.67. The molecule has 0 saturated heterocycles. The lowest BCUT2D eigenvalue weighted by Crippen LogP contribution is -2.19. The molecular formula is C17H15BrClF. The number of benzene rings is 2. The van der Waals surface area contributed by atoms with E-state index in [1.807, 2.05) is 12.1 Å². The molecule has 3 heteroatoms. The molecule has 0 aliphatic heterocycles. The van der Waals surface area contributed by atoms with Gasteiger partial charge in [0.15, 0.2) is 0 Å². The zero-order valence-corrected chi connectivity index (χ0v) is 13.3. The van der Waals surface area contributed by atoms with Gasteiger partial charge in [-0.25, -0.2) is 4.39 Å². The maximum atomic E-state index is 13.9. The smallest absolute Gasteiger partial charge is 0.126 e. The minimum Gasteiger partial charge on any atom is -0.207 e. The highest BCUT2D eigenvalue weighted by Gasteiger charge is 2.28. The Morgan fingerprint density at radius 2 is 2.00 bits per heavy atom. The van der Waals surface area contributed by atoms with E-state index in [-0.39, 0.29) is 17.1 Å². The van der Waals surface area contributed by atoms with Crippen LogP contribution in [0.15, 0.2) is 46.9 Å². The van der Waals surface area contributed by atoms with Crippen LogP contribution in [0.3, 0.4) is 0 Å². The molecule has 3 rings (SSSR count). The van der Waals surface area contributed by atoms with Crippen molar-refractivity contribution >= 4 is 27.5 Å². The van der Waals surface area contributed by atoms with Crippen LogP contribution in [0, 0.1) is 11.7 Å².